The molecule has 4 aliphatic rings. The van der Waals surface area contributed by atoms with E-state index in [2.05, 4.69) is 62.4 Å². The van der Waals surface area contributed by atoms with Crippen molar-refractivity contribution in [1.82, 2.24) is 4.98 Å². The van der Waals surface area contributed by atoms with Crippen molar-refractivity contribution in [1.29, 1.82) is 0 Å². The molecule has 2 aromatic carbocycles. The third kappa shape index (κ3) is 5.82. The quantitative estimate of drug-likeness (QED) is 0.177. The molecule has 3 nitrogen and oxygen atoms in total. The standard InChI is InChI=1S/C27H28N.C5H8O2.Ir/c1-16-7-17(2)9-22(8-16)26-5-3-20-15-21(4-6-25(20)28-26)27-23-11-18-10-19(13-23)14-24(27)12-18;1-4(6)3-5(2)7;/h3-8,15,18-19,23-24,27H,10-14H2,1-2H3;3,6H,1-2H3;/q-1;;/b;4-3-;. The molecule has 191 valence electrons. The van der Waals surface area contributed by atoms with Gasteiger partial charge >= 0.3 is 0 Å². The van der Waals surface area contributed by atoms with Crippen LogP contribution in [0.3, 0.4) is 0 Å². The summed E-state index contributed by atoms with van der Waals surface area (Å²) in [4.78, 5) is 15.0. The van der Waals surface area contributed by atoms with E-state index in [9.17, 15) is 4.79 Å². The molecular formula is C32H36IrNO2-. The molecule has 1 aromatic heterocycles. The van der Waals surface area contributed by atoms with Gasteiger partial charge in [-0.15, -0.1) is 34.9 Å². The first-order valence-corrected chi connectivity index (χ1v) is 13.0. The zero-order valence-electron chi connectivity index (χ0n) is 21.7. The fraction of sp³-hybridized carbons (Fsp3) is 0.438. The first-order chi connectivity index (χ1) is 16.7. The first kappa shape index (κ1) is 26.8. The van der Waals surface area contributed by atoms with Crippen LogP contribution in [0.4, 0.5) is 0 Å². The zero-order valence-corrected chi connectivity index (χ0v) is 24.1. The third-order valence-corrected chi connectivity index (χ3v) is 8.16. The number of allylic oxidation sites excluding steroid dienone is 2. The number of aryl methyl sites for hydroxylation is 2. The van der Waals surface area contributed by atoms with Crippen molar-refractivity contribution in [3.8, 4) is 11.3 Å². The van der Waals surface area contributed by atoms with Gasteiger partial charge < -0.3 is 5.11 Å². The summed E-state index contributed by atoms with van der Waals surface area (Å²) in [5, 5.41) is 9.65. The Labute approximate surface area is 228 Å². The number of hydrogen-bond donors (Lipinski definition) is 1. The van der Waals surface area contributed by atoms with E-state index < -0.39 is 0 Å². The Hall–Kier alpha value is -2.29. The van der Waals surface area contributed by atoms with Crippen LogP contribution in [0.15, 0.2) is 54.3 Å². The van der Waals surface area contributed by atoms with Gasteiger partial charge in [-0.3, -0.25) is 9.78 Å². The monoisotopic (exact) mass is 659 g/mol. The Morgan fingerprint density at radius 2 is 1.61 bits per heavy atom. The molecule has 0 unspecified atom stereocenters. The Balaban J connectivity index is 0.000000338. The fourth-order valence-corrected chi connectivity index (χ4v) is 7.30. The van der Waals surface area contributed by atoms with Crippen LogP contribution in [0.1, 0.15) is 68.6 Å². The molecule has 4 saturated carbocycles. The summed E-state index contributed by atoms with van der Waals surface area (Å²) < 4.78 is 0. The van der Waals surface area contributed by atoms with E-state index in [1.54, 1.807) is 5.56 Å². The van der Waals surface area contributed by atoms with Gasteiger partial charge in [0.1, 0.15) is 0 Å². The average molecular weight is 659 g/mol. The number of carbonyl (C=O) groups excluding carboxylic acids is 1. The molecule has 4 heteroatoms. The summed E-state index contributed by atoms with van der Waals surface area (Å²) in [7, 11) is 0. The van der Waals surface area contributed by atoms with Gasteiger partial charge in [-0.1, -0.05) is 32.0 Å². The van der Waals surface area contributed by atoms with Crippen molar-refractivity contribution in [3.63, 3.8) is 0 Å². The SMILES string of the molecule is CC(=O)/C=C(/C)O.Cc1[c-]c(-c2ccc3cc(C4C5CC6CC(C5)CC4C6)ccc3n2)cc(C)c1.[Ir]. The second-order valence-electron chi connectivity index (χ2n) is 11.3. The molecule has 1 heterocycles. The summed E-state index contributed by atoms with van der Waals surface area (Å²) in [5.41, 5.74) is 7.26. The average Bonchev–Trinajstić information content (AvgIpc) is 2.77. The van der Waals surface area contributed by atoms with Crippen LogP contribution in [0.2, 0.25) is 0 Å². The Morgan fingerprint density at radius 3 is 2.17 bits per heavy atom. The predicted molar refractivity (Wildman–Crippen MR) is 142 cm³/mol. The maximum atomic E-state index is 10.0. The van der Waals surface area contributed by atoms with Crippen molar-refractivity contribution in [3.05, 3.63) is 77.1 Å². The Kier molecular flexibility index (Phi) is 8.17. The fourth-order valence-electron chi connectivity index (χ4n) is 7.30. The molecule has 1 N–H and O–H groups in total. The van der Waals surface area contributed by atoms with E-state index in [1.165, 1.54) is 68.5 Å². The van der Waals surface area contributed by atoms with Crippen LogP contribution in [0.25, 0.3) is 22.2 Å². The van der Waals surface area contributed by atoms with Gasteiger partial charge in [-0.25, -0.2) is 0 Å². The number of carbonyl (C=O) groups is 1. The van der Waals surface area contributed by atoms with Crippen LogP contribution in [0.5, 0.6) is 0 Å². The van der Waals surface area contributed by atoms with Crippen LogP contribution in [0, 0.1) is 43.6 Å². The predicted octanol–water partition coefficient (Wildman–Crippen LogP) is 7.89. The molecule has 0 amide bonds. The number of rotatable bonds is 3. The van der Waals surface area contributed by atoms with Crippen LogP contribution >= 0.6 is 0 Å². The summed E-state index contributed by atoms with van der Waals surface area (Å²) >= 11 is 0. The second kappa shape index (κ2) is 11.0. The number of benzene rings is 2. The summed E-state index contributed by atoms with van der Waals surface area (Å²) in [6.45, 7) is 7.10. The van der Waals surface area contributed by atoms with E-state index in [4.69, 9.17) is 10.1 Å². The van der Waals surface area contributed by atoms with Gasteiger partial charge in [-0.2, -0.15) is 0 Å². The number of aliphatic hydroxyl groups excluding tert-OH is 1. The van der Waals surface area contributed by atoms with Crippen LogP contribution < -0.4 is 0 Å². The second-order valence-corrected chi connectivity index (χ2v) is 11.3. The largest absolute Gasteiger partial charge is 0.512 e. The summed E-state index contributed by atoms with van der Waals surface area (Å²) in [5.74, 6) is 4.68. The number of hydrogen-bond acceptors (Lipinski definition) is 3. The van der Waals surface area contributed by atoms with Crippen molar-refractivity contribution >= 4 is 16.7 Å². The van der Waals surface area contributed by atoms with Gasteiger partial charge in [0.2, 0.25) is 0 Å². The van der Waals surface area contributed by atoms with Gasteiger partial charge in [0.15, 0.2) is 5.78 Å². The van der Waals surface area contributed by atoms with E-state index in [-0.39, 0.29) is 31.6 Å². The molecule has 1 radical (unpaired) electrons. The normalized spacial score (nSPS) is 26.2. The number of aliphatic hydroxyl groups is 1. The maximum absolute atomic E-state index is 10.0. The molecule has 4 aliphatic carbocycles. The van der Waals surface area contributed by atoms with E-state index in [0.29, 0.717) is 0 Å². The molecule has 0 spiro atoms. The van der Waals surface area contributed by atoms with Crippen LogP contribution in [-0.4, -0.2) is 15.9 Å². The molecule has 0 atom stereocenters. The first-order valence-electron chi connectivity index (χ1n) is 13.0. The minimum absolute atomic E-state index is 0. The molecule has 4 fully saturated rings. The summed E-state index contributed by atoms with van der Waals surface area (Å²) in [6.07, 6.45) is 8.62. The van der Waals surface area contributed by atoms with Crippen molar-refractivity contribution in [2.75, 3.05) is 0 Å². The third-order valence-electron chi connectivity index (χ3n) is 8.16. The number of aromatic nitrogens is 1. The van der Waals surface area contributed by atoms with Crippen molar-refractivity contribution in [2.24, 2.45) is 23.7 Å². The van der Waals surface area contributed by atoms with Crippen LogP contribution in [-0.2, 0) is 24.9 Å². The minimum atomic E-state index is -0.125. The molecule has 0 saturated heterocycles. The van der Waals surface area contributed by atoms with Crippen molar-refractivity contribution in [2.45, 2.75) is 65.7 Å². The number of pyridine rings is 1. The topological polar surface area (TPSA) is 50.2 Å². The molecular weight excluding hydrogens is 623 g/mol. The minimum Gasteiger partial charge on any atom is -0.512 e. The van der Waals surface area contributed by atoms with Gasteiger partial charge in [0.25, 0.3) is 0 Å². The number of fused-ring (bicyclic) bond motifs is 1. The molecule has 7 rings (SSSR count). The number of nitrogens with zero attached hydrogens (tertiary/aromatic N) is 1. The Morgan fingerprint density at radius 1 is 0.944 bits per heavy atom. The molecule has 4 bridgehead atoms. The Bertz CT molecular complexity index is 1240. The smallest absolute Gasteiger partial charge is 0.155 e. The maximum Gasteiger partial charge on any atom is 0.155 e. The molecule has 0 aliphatic heterocycles. The zero-order chi connectivity index (χ0) is 24.7. The van der Waals surface area contributed by atoms with E-state index in [0.717, 1.165) is 46.4 Å². The van der Waals surface area contributed by atoms with E-state index in [1.807, 2.05) is 0 Å². The number of ketones is 1. The molecule has 36 heavy (non-hydrogen) atoms. The van der Waals surface area contributed by atoms with E-state index >= 15 is 0 Å². The van der Waals surface area contributed by atoms with Gasteiger partial charge in [0, 0.05) is 26.2 Å². The molecule has 3 aromatic rings. The van der Waals surface area contributed by atoms with Gasteiger partial charge in [-0.05, 0) is 104 Å². The van der Waals surface area contributed by atoms with Crippen molar-refractivity contribution < 1.29 is 30.0 Å². The summed E-state index contributed by atoms with van der Waals surface area (Å²) in [6, 6.07) is 19.4. The van der Waals surface area contributed by atoms with Gasteiger partial charge in [0.05, 0.1) is 11.3 Å².